The summed E-state index contributed by atoms with van der Waals surface area (Å²) in [6.07, 6.45) is 3.46. The molecule has 1 N–H and O–H groups in total. The summed E-state index contributed by atoms with van der Waals surface area (Å²) < 4.78 is 1.09. The summed E-state index contributed by atoms with van der Waals surface area (Å²) in [5, 5.41) is 4.14. The zero-order valence-corrected chi connectivity index (χ0v) is 18.7. The molecule has 162 valence electrons. The number of aromatic nitrogens is 1. The van der Waals surface area contributed by atoms with Gasteiger partial charge in [-0.05, 0) is 37.5 Å². The van der Waals surface area contributed by atoms with E-state index in [1.54, 1.807) is 11.3 Å². The standard InChI is InChI=1S/C22H31N5O2S/c1-16(2)21-24-18-7-6-17(14-19(18)30-21)23-22(29)27-12-10-25(11-13-27)15-20(28)26-8-4-3-5-9-26/h6-7,14,16H,3-5,8-13,15H2,1-2H3,(H,23,29). The topological polar surface area (TPSA) is 68.8 Å². The number of nitrogens with zero attached hydrogens (tertiary/aromatic N) is 4. The van der Waals surface area contributed by atoms with Gasteiger partial charge in [0.25, 0.3) is 0 Å². The molecular formula is C22H31N5O2S. The van der Waals surface area contributed by atoms with Crippen molar-refractivity contribution in [2.75, 3.05) is 51.1 Å². The average molecular weight is 430 g/mol. The van der Waals surface area contributed by atoms with E-state index < -0.39 is 0 Å². The van der Waals surface area contributed by atoms with Crippen LogP contribution < -0.4 is 5.32 Å². The fourth-order valence-electron chi connectivity index (χ4n) is 4.01. The second-order valence-electron chi connectivity index (χ2n) is 8.52. The van der Waals surface area contributed by atoms with Crippen molar-refractivity contribution in [3.8, 4) is 0 Å². The van der Waals surface area contributed by atoms with Gasteiger partial charge in [-0.2, -0.15) is 0 Å². The Kier molecular flexibility index (Phi) is 6.53. The van der Waals surface area contributed by atoms with E-state index in [4.69, 9.17) is 0 Å². The van der Waals surface area contributed by atoms with Crippen molar-refractivity contribution in [2.24, 2.45) is 0 Å². The summed E-state index contributed by atoms with van der Waals surface area (Å²) >= 11 is 1.68. The lowest BCUT2D eigenvalue weighted by atomic mass is 10.1. The Morgan fingerprint density at radius 2 is 1.77 bits per heavy atom. The Bertz CT molecular complexity index is 898. The molecule has 3 amide bonds. The quantitative estimate of drug-likeness (QED) is 0.807. The maximum atomic E-state index is 12.7. The number of thiazole rings is 1. The van der Waals surface area contributed by atoms with Gasteiger partial charge in [-0.15, -0.1) is 11.3 Å². The first-order valence-corrected chi connectivity index (χ1v) is 11.8. The Hall–Kier alpha value is -2.19. The van der Waals surface area contributed by atoms with Crippen LogP contribution in [-0.4, -0.2) is 77.4 Å². The molecule has 0 aliphatic carbocycles. The van der Waals surface area contributed by atoms with Crippen LogP contribution in [-0.2, 0) is 4.79 Å². The third-order valence-corrected chi connectivity index (χ3v) is 7.20. The van der Waals surface area contributed by atoms with E-state index in [0.29, 0.717) is 25.6 Å². The van der Waals surface area contributed by atoms with Crippen LogP contribution in [0.3, 0.4) is 0 Å². The molecular weight excluding hydrogens is 398 g/mol. The second-order valence-corrected chi connectivity index (χ2v) is 9.59. The molecule has 2 saturated heterocycles. The zero-order valence-electron chi connectivity index (χ0n) is 17.9. The van der Waals surface area contributed by atoms with E-state index in [-0.39, 0.29) is 11.9 Å². The van der Waals surface area contributed by atoms with Gasteiger partial charge in [0.1, 0.15) is 0 Å². The maximum Gasteiger partial charge on any atom is 0.321 e. The van der Waals surface area contributed by atoms with Crippen molar-refractivity contribution in [3.05, 3.63) is 23.2 Å². The van der Waals surface area contributed by atoms with Gasteiger partial charge in [0.05, 0.1) is 21.8 Å². The maximum absolute atomic E-state index is 12.7. The lowest BCUT2D eigenvalue weighted by molar-refractivity contribution is -0.133. The molecule has 2 aromatic rings. The van der Waals surface area contributed by atoms with Crippen molar-refractivity contribution >= 4 is 39.2 Å². The molecule has 2 fully saturated rings. The number of piperidine rings is 1. The molecule has 0 spiro atoms. The monoisotopic (exact) mass is 429 g/mol. The Labute approximate surface area is 182 Å². The fourth-order valence-corrected chi connectivity index (χ4v) is 5.02. The number of likely N-dealkylation sites (tertiary alicyclic amines) is 1. The number of piperazine rings is 1. The van der Waals surface area contributed by atoms with Gasteiger partial charge in [-0.3, -0.25) is 9.69 Å². The van der Waals surface area contributed by atoms with Crippen LogP contribution in [0.25, 0.3) is 10.2 Å². The highest BCUT2D eigenvalue weighted by Gasteiger charge is 2.25. The Morgan fingerprint density at radius 3 is 2.47 bits per heavy atom. The normalized spacial score (nSPS) is 18.2. The number of amides is 3. The lowest BCUT2D eigenvalue weighted by Gasteiger charge is -2.36. The molecule has 0 bridgehead atoms. The van der Waals surface area contributed by atoms with Gasteiger partial charge in [0.15, 0.2) is 0 Å². The van der Waals surface area contributed by atoms with E-state index in [1.165, 1.54) is 6.42 Å². The smallest absolute Gasteiger partial charge is 0.321 e. The molecule has 1 aromatic carbocycles. The van der Waals surface area contributed by atoms with Gasteiger partial charge in [0.2, 0.25) is 5.91 Å². The highest BCUT2D eigenvalue weighted by molar-refractivity contribution is 7.18. The van der Waals surface area contributed by atoms with Gasteiger partial charge >= 0.3 is 6.03 Å². The molecule has 7 nitrogen and oxygen atoms in total. The van der Waals surface area contributed by atoms with Gasteiger partial charge in [-0.25, -0.2) is 9.78 Å². The third-order valence-electron chi connectivity index (χ3n) is 5.88. The first kappa shape index (κ1) is 21.1. The number of urea groups is 1. The minimum atomic E-state index is -0.0787. The van der Waals surface area contributed by atoms with Crippen molar-refractivity contribution < 1.29 is 9.59 Å². The highest BCUT2D eigenvalue weighted by atomic mass is 32.1. The van der Waals surface area contributed by atoms with E-state index in [9.17, 15) is 9.59 Å². The first-order chi connectivity index (χ1) is 14.5. The van der Waals surface area contributed by atoms with E-state index in [1.807, 2.05) is 28.0 Å². The number of benzene rings is 1. The molecule has 30 heavy (non-hydrogen) atoms. The number of nitrogens with one attached hydrogen (secondary N) is 1. The summed E-state index contributed by atoms with van der Waals surface area (Å²) in [6.45, 7) is 9.28. The van der Waals surface area contributed by atoms with Crippen LogP contribution in [0.5, 0.6) is 0 Å². The molecule has 2 aliphatic heterocycles. The van der Waals surface area contributed by atoms with Crippen LogP contribution in [0.1, 0.15) is 44.0 Å². The zero-order chi connectivity index (χ0) is 21.1. The number of hydrogen-bond acceptors (Lipinski definition) is 5. The molecule has 0 atom stereocenters. The van der Waals surface area contributed by atoms with Crippen LogP contribution in [0.15, 0.2) is 18.2 Å². The van der Waals surface area contributed by atoms with Crippen molar-refractivity contribution in [1.29, 1.82) is 0 Å². The lowest BCUT2D eigenvalue weighted by Crippen LogP contribution is -2.52. The Morgan fingerprint density at radius 1 is 1.03 bits per heavy atom. The number of carbonyl (C=O) groups is 2. The SMILES string of the molecule is CC(C)c1nc2ccc(NC(=O)N3CCN(CC(=O)N4CCCCC4)CC3)cc2s1. The van der Waals surface area contributed by atoms with Crippen molar-refractivity contribution in [2.45, 2.75) is 39.0 Å². The number of anilines is 1. The average Bonchev–Trinajstić information content (AvgIpc) is 3.19. The summed E-state index contributed by atoms with van der Waals surface area (Å²) in [5.41, 5.74) is 1.78. The van der Waals surface area contributed by atoms with Crippen molar-refractivity contribution in [1.82, 2.24) is 19.7 Å². The number of hydrogen-bond donors (Lipinski definition) is 1. The minimum absolute atomic E-state index is 0.0787. The molecule has 0 saturated carbocycles. The molecule has 2 aliphatic rings. The molecule has 0 radical (unpaired) electrons. The van der Waals surface area contributed by atoms with E-state index in [2.05, 4.69) is 29.0 Å². The number of rotatable bonds is 4. The number of carbonyl (C=O) groups excluding carboxylic acids is 2. The minimum Gasteiger partial charge on any atom is -0.342 e. The third kappa shape index (κ3) is 4.92. The number of fused-ring (bicyclic) bond motifs is 1. The van der Waals surface area contributed by atoms with E-state index >= 15 is 0 Å². The van der Waals surface area contributed by atoms with Crippen LogP contribution in [0, 0.1) is 0 Å². The van der Waals surface area contributed by atoms with Crippen LogP contribution in [0.4, 0.5) is 10.5 Å². The highest BCUT2D eigenvalue weighted by Crippen LogP contribution is 2.29. The first-order valence-electron chi connectivity index (χ1n) is 11.0. The summed E-state index contributed by atoms with van der Waals surface area (Å²) in [5.74, 6) is 0.629. The fraction of sp³-hybridized carbons (Fsp3) is 0.591. The van der Waals surface area contributed by atoms with Crippen LogP contribution >= 0.6 is 11.3 Å². The molecule has 3 heterocycles. The molecule has 0 unspecified atom stereocenters. The summed E-state index contributed by atoms with van der Waals surface area (Å²) in [6, 6.07) is 5.81. The second kappa shape index (κ2) is 9.31. The molecule has 4 rings (SSSR count). The Balaban J connectivity index is 1.28. The van der Waals surface area contributed by atoms with Crippen LogP contribution in [0.2, 0.25) is 0 Å². The molecule has 1 aromatic heterocycles. The van der Waals surface area contributed by atoms with E-state index in [0.717, 1.165) is 59.9 Å². The predicted octanol–water partition coefficient (Wildman–Crippen LogP) is 3.58. The van der Waals surface area contributed by atoms with Gasteiger partial charge in [-0.1, -0.05) is 13.8 Å². The molecule has 8 heteroatoms. The predicted molar refractivity (Wildman–Crippen MR) is 121 cm³/mol. The summed E-state index contributed by atoms with van der Waals surface area (Å²) in [7, 11) is 0. The summed E-state index contributed by atoms with van der Waals surface area (Å²) in [4.78, 5) is 35.8. The van der Waals surface area contributed by atoms with Gasteiger partial charge in [0, 0.05) is 50.9 Å². The largest absolute Gasteiger partial charge is 0.342 e. The van der Waals surface area contributed by atoms with Gasteiger partial charge < -0.3 is 15.1 Å². The van der Waals surface area contributed by atoms with Crippen molar-refractivity contribution in [3.63, 3.8) is 0 Å².